The highest BCUT2D eigenvalue weighted by Crippen LogP contribution is 2.12. The van der Waals surface area contributed by atoms with Crippen LogP contribution in [-0.2, 0) is 0 Å². The molecule has 0 radical (unpaired) electrons. The lowest BCUT2D eigenvalue weighted by Crippen LogP contribution is -2.31. The Balaban J connectivity index is 2.92. The lowest BCUT2D eigenvalue weighted by molar-refractivity contribution is 0.278. The fraction of sp³-hybridized carbons (Fsp3) is 0.667. The van der Waals surface area contributed by atoms with Gasteiger partial charge in [-0.05, 0) is 6.92 Å². The number of aliphatic hydroxyl groups excluding tert-OH is 2. The van der Waals surface area contributed by atoms with E-state index in [0.29, 0.717) is 19.7 Å². The number of anilines is 2. The third-order valence-electron chi connectivity index (χ3n) is 1.92. The molecule has 96 valence electrons. The molecule has 0 amide bonds. The zero-order chi connectivity index (χ0) is 12.7. The first-order valence-electron chi connectivity index (χ1n) is 5.32. The van der Waals surface area contributed by atoms with Gasteiger partial charge in [0.2, 0.25) is 11.9 Å². The highest BCUT2D eigenvalue weighted by atomic mass is 16.5. The number of nitrogens with zero attached hydrogens (tertiary/aromatic N) is 4. The zero-order valence-electron chi connectivity index (χ0n) is 9.70. The number of nitrogen functional groups attached to an aromatic ring is 1. The van der Waals surface area contributed by atoms with Gasteiger partial charge in [0.15, 0.2) is 0 Å². The monoisotopic (exact) mass is 243 g/mol. The molecule has 0 saturated carbocycles. The van der Waals surface area contributed by atoms with Gasteiger partial charge in [-0.15, -0.1) is 0 Å². The Morgan fingerprint density at radius 3 is 2.35 bits per heavy atom. The second kappa shape index (κ2) is 6.81. The summed E-state index contributed by atoms with van der Waals surface area (Å²) in [5.41, 5.74) is 5.53. The number of aromatic nitrogens is 3. The maximum atomic E-state index is 8.91. The second-order valence-corrected chi connectivity index (χ2v) is 3.14. The van der Waals surface area contributed by atoms with Gasteiger partial charge in [-0.25, -0.2) is 0 Å². The van der Waals surface area contributed by atoms with Gasteiger partial charge in [0.1, 0.15) is 0 Å². The Bertz CT molecular complexity index is 343. The van der Waals surface area contributed by atoms with Crippen LogP contribution in [0.1, 0.15) is 6.92 Å². The molecule has 1 aromatic rings. The zero-order valence-corrected chi connectivity index (χ0v) is 9.70. The maximum Gasteiger partial charge on any atom is 0.323 e. The van der Waals surface area contributed by atoms with Crippen molar-refractivity contribution in [3.8, 4) is 6.01 Å². The molecule has 0 atom stereocenters. The van der Waals surface area contributed by atoms with Crippen LogP contribution in [0.25, 0.3) is 0 Å². The predicted octanol–water partition coefficient (Wildman–Crippen LogP) is -1.36. The third kappa shape index (κ3) is 4.00. The van der Waals surface area contributed by atoms with E-state index in [0.717, 1.165) is 0 Å². The summed E-state index contributed by atoms with van der Waals surface area (Å²) < 4.78 is 5.14. The van der Waals surface area contributed by atoms with Gasteiger partial charge >= 0.3 is 6.01 Å². The average molecular weight is 243 g/mol. The van der Waals surface area contributed by atoms with Crippen molar-refractivity contribution in [3.05, 3.63) is 0 Å². The summed E-state index contributed by atoms with van der Waals surface area (Å²) in [6.07, 6.45) is 0. The number of nitrogens with two attached hydrogens (primary N) is 1. The van der Waals surface area contributed by atoms with Crippen LogP contribution in [0.15, 0.2) is 0 Å². The summed E-state index contributed by atoms with van der Waals surface area (Å²) >= 11 is 0. The lowest BCUT2D eigenvalue weighted by Gasteiger charge is -2.20. The SMILES string of the molecule is CCOc1nc(N)nc(N(CCO)CCO)n1. The Labute approximate surface area is 99.1 Å². The van der Waals surface area contributed by atoms with E-state index in [4.69, 9.17) is 20.7 Å². The van der Waals surface area contributed by atoms with Crippen molar-refractivity contribution in [1.29, 1.82) is 0 Å². The molecule has 0 aliphatic heterocycles. The molecule has 0 spiro atoms. The minimum Gasteiger partial charge on any atom is -0.464 e. The summed E-state index contributed by atoms with van der Waals surface area (Å²) in [6, 6.07) is 0.135. The van der Waals surface area contributed by atoms with E-state index in [1.807, 2.05) is 0 Å². The predicted molar refractivity (Wildman–Crippen MR) is 61.8 cm³/mol. The quantitative estimate of drug-likeness (QED) is 0.537. The molecule has 1 aromatic heterocycles. The number of rotatable bonds is 7. The van der Waals surface area contributed by atoms with Crippen molar-refractivity contribution >= 4 is 11.9 Å². The normalized spacial score (nSPS) is 10.3. The highest BCUT2D eigenvalue weighted by Gasteiger charge is 2.12. The highest BCUT2D eigenvalue weighted by molar-refractivity contribution is 5.35. The van der Waals surface area contributed by atoms with E-state index in [2.05, 4.69) is 15.0 Å². The summed E-state index contributed by atoms with van der Waals surface area (Å²) in [5, 5.41) is 17.8. The van der Waals surface area contributed by atoms with Crippen molar-refractivity contribution in [2.75, 3.05) is 43.5 Å². The molecule has 0 aromatic carbocycles. The summed E-state index contributed by atoms with van der Waals surface area (Å²) in [5.74, 6) is 0.323. The van der Waals surface area contributed by atoms with Gasteiger partial charge in [-0.1, -0.05) is 0 Å². The van der Waals surface area contributed by atoms with E-state index >= 15 is 0 Å². The largest absolute Gasteiger partial charge is 0.464 e. The van der Waals surface area contributed by atoms with E-state index in [1.54, 1.807) is 11.8 Å². The first kappa shape index (κ1) is 13.4. The molecule has 0 unspecified atom stereocenters. The molecule has 0 fully saturated rings. The topological polar surface area (TPSA) is 118 Å². The van der Waals surface area contributed by atoms with Crippen LogP contribution in [0.4, 0.5) is 11.9 Å². The average Bonchev–Trinajstić information content (AvgIpc) is 2.28. The second-order valence-electron chi connectivity index (χ2n) is 3.14. The standard InChI is InChI=1S/C9H17N5O3/c1-2-17-9-12-7(10)11-8(13-9)14(3-5-15)4-6-16/h15-16H,2-6H2,1H3,(H2,10,11,12,13). The molecular formula is C9H17N5O3. The van der Waals surface area contributed by atoms with Crippen LogP contribution in [-0.4, -0.2) is 58.1 Å². The minimum absolute atomic E-state index is 0.0410. The van der Waals surface area contributed by atoms with Gasteiger partial charge in [-0.2, -0.15) is 15.0 Å². The van der Waals surface area contributed by atoms with Crippen molar-refractivity contribution < 1.29 is 14.9 Å². The molecule has 8 heteroatoms. The molecule has 4 N–H and O–H groups in total. The Morgan fingerprint density at radius 2 is 1.82 bits per heavy atom. The molecular weight excluding hydrogens is 226 g/mol. The molecule has 0 aliphatic carbocycles. The van der Waals surface area contributed by atoms with Crippen LogP contribution >= 0.6 is 0 Å². The van der Waals surface area contributed by atoms with Gasteiger partial charge in [-0.3, -0.25) is 0 Å². The number of hydrogen-bond donors (Lipinski definition) is 3. The molecule has 1 heterocycles. The molecule has 17 heavy (non-hydrogen) atoms. The van der Waals surface area contributed by atoms with Gasteiger partial charge in [0.25, 0.3) is 0 Å². The summed E-state index contributed by atoms with van der Waals surface area (Å²) in [7, 11) is 0. The minimum atomic E-state index is -0.0739. The van der Waals surface area contributed by atoms with Crippen molar-refractivity contribution in [2.24, 2.45) is 0 Å². The van der Waals surface area contributed by atoms with Crippen molar-refractivity contribution in [1.82, 2.24) is 15.0 Å². The van der Waals surface area contributed by atoms with E-state index < -0.39 is 0 Å². The number of ether oxygens (including phenoxy) is 1. The molecule has 1 rings (SSSR count). The summed E-state index contributed by atoms with van der Waals surface area (Å²) in [4.78, 5) is 13.4. The van der Waals surface area contributed by atoms with E-state index in [-0.39, 0.29) is 31.1 Å². The van der Waals surface area contributed by atoms with Crippen LogP contribution in [0.5, 0.6) is 6.01 Å². The lowest BCUT2D eigenvalue weighted by atomic mass is 10.5. The van der Waals surface area contributed by atoms with Crippen LogP contribution < -0.4 is 15.4 Å². The molecule has 0 aliphatic rings. The van der Waals surface area contributed by atoms with Gasteiger partial charge < -0.3 is 25.6 Å². The molecule has 0 bridgehead atoms. The van der Waals surface area contributed by atoms with Crippen LogP contribution in [0.2, 0.25) is 0 Å². The number of hydrogen-bond acceptors (Lipinski definition) is 8. The Kier molecular flexibility index (Phi) is 5.37. The van der Waals surface area contributed by atoms with Gasteiger partial charge in [0.05, 0.1) is 19.8 Å². The fourth-order valence-corrected chi connectivity index (χ4v) is 1.25. The molecule has 0 saturated heterocycles. The smallest absolute Gasteiger partial charge is 0.323 e. The first-order valence-corrected chi connectivity index (χ1v) is 5.32. The fourth-order valence-electron chi connectivity index (χ4n) is 1.25. The van der Waals surface area contributed by atoms with Crippen LogP contribution in [0, 0.1) is 0 Å². The first-order chi connectivity index (χ1) is 8.21. The van der Waals surface area contributed by atoms with Crippen molar-refractivity contribution in [2.45, 2.75) is 6.92 Å². The Hall–Kier alpha value is -1.67. The van der Waals surface area contributed by atoms with Crippen molar-refractivity contribution in [3.63, 3.8) is 0 Å². The number of aliphatic hydroxyl groups is 2. The Morgan fingerprint density at radius 1 is 1.18 bits per heavy atom. The van der Waals surface area contributed by atoms with Crippen LogP contribution in [0.3, 0.4) is 0 Å². The summed E-state index contributed by atoms with van der Waals surface area (Å²) in [6.45, 7) is 2.68. The maximum absolute atomic E-state index is 8.91. The van der Waals surface area contributed by atoms with E-state index in [1.165, 1.54) is 0 Å². The van der Waals surface area contributed by atoms with E-state index in [9.17, 15) is 0 Å². The van der Waals surface area contributed by atoms with Gasteiger partial charge in [0, 0.05) is 13.1 Å². The molecule has 8 nitrogen and oxygen atoms in total. The third-order valence-corrected chi connectivity index (χ3v) is 1.92.